The van der Waals surface area contributed by atoms with Crippen LogP contribution in [0.4, 0.5) is 32.0 Å². The van der Waals surface area contributed by atoms with Crippen molar-refractivity contribution in [2.45, 2.75) is 56.4 Å². The number of nitrogens with two attached hydrogens (primary N) is 1. The third kappa shape index (κ3) is 6.22. The summed E-state index contributed by atoms with van der Waals surface area (Å²) in [5.74, 6) is -5.17. The molecule has 0 saturated heterocycles. The number of anilines is 1. The molecular weight excluding hydrogens is 460 g/mol. The number of rotatable bonds is 8. The zero-order valence-corrected chi connectivity index (χ0v) is 17.5. The van der Waals surface area contributed by atoms with Crippen molar-refractivity contribution in [3.8, 4) is 0 Å². The van der Waals surface area contributed by atoms with Crippen LogP contribution in [0.25, 0.3) is 0 Å². The Kier molecular flexibility index (Phi) is 7.31. The number of carbonyl (C=O) groups excluding carboxylic acids is 1. The van der Waals surface area contributed by atoms with Crippen molar-refractivity contribution in [1.29, 1.82) is 0 Å². The molecule has 9 nitrogen and oxygen atoms in total. The van der Waals surface area contributed by atoms with Gasteiger partial charge in [0.15, 0.2) is 0 Å². The van der Waals surface area contributed by atoms with Gasteiger partial charge in [-0.05, 0) is 18.8 Å². The summed E-state index contributed by atoms with van der Waals surface area (Å²) in [5.41, 5.74) is 5.48. The van der Waals surface area contributed by atoms with Crippen LogP contribution in [0.5, 0.6) is 0 Å². The molecule has 3 rings (SSSR count). The molecule has 2 aromatic heterocycles. The standard InChI is InChI=1S/C18H23F6N7O2/c1-33-8-13(12-6-26-29-31(12)9-18(22,23)24)30-7-11(15(19)28-30)27-16(32)14(25)10-2-4-17(20,21)5-3-10/h6-7,10,13-14H,2-5,8-9,25H2,1H3,(H,27,32)/t13?,14-/m0/s1. The molecule has 1 saturated carbocycles. The molecule has 0 bridgehead atoms. The van der Waals surface area contributed by atoms with Crippen molar-refractivity contribution in [1.82, 2.24) is 24.8 Å². The molecule has 1 unspecified atom stereocenters. The normalized spacial score (nSPS) is 18.8. The van der Waals surface area contributed by atoms with E-state index >= 15 is 0 Å². The van der Waals surface area contributed by atoms with E-state index in [1.807, 2.05) is 0 Å². The number of alkyl halides is 5. The molecule has 2 atom stereocenters. The van der Waals surface area contributed by atoms with E-state index in [1.54, 1.807) is 0 Å². The third-order valence-electron chi connectivity index (χ3n) is 5.48. The van der Waals surface area contributed by atoms with E-state index in [4.69, 9.17) is 10.5 Å². The van der Waals surface area contributed by atoms with Crippen LogP contribution in [0.15, 0.2) is 12.4 Å². The van der Waals surface area contributed by atoms with Gasteiger partial charge in [0.05, 0.1) is 30.7 Å². The number of hydrogen-bond donors (Lipinski definition) is 2. The zero-order valence-electron chi connectivity index (χ0n) is 17.5. The Bertz CT molecular complexity index is 950. The summed E-state index contributed by atoms with van der Waals surface area (Å²) >= 11 is 0. The van der Waals surface area contributed by atoms with Gasteiger partial charge >= 0.3 is 6.18 Å². The van der Waals surface area contributed by atoms with E-state index in [1.165, 1.54) is 7.11 Å². The van der Waals surface area contributed by atoms with E-state index in [9.17, 15) is 31.1 Å². The summed E-state index contributed by atoms with van der Waals surface area (Å²) in [6, 6.07) is -2.18. The number of amides is 1. The van der Waals surface area contributed by atoms with Crippen LogP contribution in [-0.4, -0.2) is 62.5 Å². The largest absolute Gasteiger partial charge is 0.408 e. The quantitative estimate of drug-likeness (QED) is 0.558. The highest BCUT2D eigenvalue weighted by atomic mass is 19.4. The molecule has 2 heterocycles. The molecule has 0 aromatic carbocycles. The number of halogens is 6. The van der Waals surface area contributed by atoms with E-state index < -0.39 is 48.5 Å². The van der Waals surface area contributed by atoms with Crippen molar-refractivity contribution >= 4 is 11.6 Å². The number of methoxy groups -OCH3 is 1. The molecule has 33 heavy (non-hydrogen) atoms. The van der Waals surface area contributed by atoms with Crippen molar-refractivity contribution < 1.29 is 35.9 Å². The summed E-state index contributed by atoms with van der Waals surface area (Å²) in [4.78, 5) is 12.5. The molecule has 0 aliphatic heterocycles. The van der Waals surface area contributed by atoms with Crippen molar-refractivity contribution in [2.75, 3.05) is 19.0 Å². The molecule has 0 radical (unpaired) electrons. The minimum Gasteiger partial charge on any atom is -0.382 e. The van der Waals surface area contributed by atoms with Crippen molar-refractivity contribution in [2.24, 2.45) is 11.7 Å². The molecule has 0 spiro atoms. The predicted molar refractivity (Wildman–Crippen MR) is 102 cm³/mol. The molecule has 2 aromatic rings. The Morgan fingerprint density at radius 1 is 1.36 bits per heavy atom. The average molecular weight is 483 g/mol. The Balaban J connectivity index is 1.75. The lowest BCUT2D eigenvalue weighted by Gasteiger charge is -2.31. The minimum absolute atomic E-state index is 0.0469. The number of hydrogen-bond acceptors (Lipinski definition) is 6. The fourth-order valence-corrected chi connectivity index (χ4v) is 3.74. The second kappa shape index (κ2) is 9.67. The SMILES string of the molecule is COCC(c1cnnn1CC(F)(F)F)n1cc(NC(=O)[C@@H](N)C2CCC(F)(F)CC2)c(F)n1. The van der Waals surface area contributed by atoms with E-state index in [0.717, 1.165) is 17.1 Å². The van der Waals surface area contributed by atoms with Crippen LogP contribution >= 0.6 is 0 Å². The lowest BCUT2D eigenvalue weighted by Crippen LogP contribution is -2.44. The maximum absolute atomic E-state index is 14.4. The highest BCUT2D eigenvalue weighted by Crippen LogP contribution is 2.37. The van der Waals surface area contributed by atoms with Gasteiger partial charge in [-0.25, -0.2) is 13.5 Å². The summed E-state index contributed by atoms with van der Waals surface area (Å²) < 4.78 is 86.2. The third-order valence-corrected chi connectivity index (χ3v) is 5.48. The van der Waals surface area contributed by atoms with Crippen LogP contribution in [0, 0.1) is 11.9 Å². The first kappa shape index (κ1) is 25.0. The van der Waals surface area contributed by atoms with E-state index in [-0.39, 0.29) is 43.7 Å². The van der Waals surface area contributed by atoms with Gasteiger partial charge in [0, 0.05) is 20.0 Å². The van der Waals surface area contributed by atoms with E-state index in [0.29, 0.717) is 4.68 Å². The smallest absolute Gasteiger partial charge is 0.382 e. The predicted octanol–water partition coefficient (Wildman–Crippen LogP) is 2.50. The summed E-state index contributed by atoms with van der Waals surface area (Å²) in [7, 11) is 1.29. The summed E-state index contributed by atoms with van der Waals surface area (Å²) in [6.45, 7) is -1.62. The second-order valence-electron chi connectivity index (χ2n) is 7.92. The van der Waals surface area contributed by atoms with Crippen LogP contribution in [0.2, 0.25) is 0 Å². The molecule has 15 heteroatoms. The molecule has 1 fully saturated rings. The number of aromatic nitrogens is 5. The van der Waals surface area contributed by atoms with Gasteiger partial charge in [0.1, 0.15) is 18.3 Å². The maximum atomic E-state index is 14.4. The zero-order chi connectivity index (χ0) is 24.4. The van der Waals surface area contributed by atoms with Crippen LogP contribution in [-0.2, 0) is 16.1 Å². The minimum atomic E-state index is -4.58. The van der Waals surface area contributed by atoms with Gasteiger partial charge in [0.2, 0.25) is 11.8 Å². The second-order valence-corrected chi connectivity index (χ2v) is 7.92. The highest BCUT2D eigenvalue weighted by molar-refractivity contribution is 5.94. The monoisotopic (exact) mass is 483 g/mol. The molecule has 1 aliphatic carbocycles. The molecular formula is C18H23F6N7O2. The molecule has 1 amide bonds. The maximum Gasteiger partial charge on any atom is 0.408 e. The number of carbonyl (C=O) groups is 1. The lowest BCUT2D eigenvalue weighted by atomic mass is 9.82. The fourth-order valence-electron chi connectivity index (χ4n) is 3.74. The van der Waals surface area contributed by atoms with Crippen molar-refractivity contribution in [3.05, 3.63) is 24.0 Å². The van der Waals surface area contributed by atoms with Gasteiger partial charge in [-0.1, -0.05) is 5.21 Å². The van der Waals surface area contributed by atoms with Gasteiger partial charge < -0.3 is 15.8 Å². The van der Waals surface area contributed by atoms with Gasteiger partial charge in [-0.15, -0.1) is 10.2 Å². The first-order chi connectivity index (χ1) is 15.4. The highest BCUT2D eigenvalue weighted by Gasteiger charge is 2.39. The topological polar surface area (TPSA) is 113 Å². The number of nitrogens with one attached hydrogen (secondary N) is 1. The lowest BCUT2D eigenvalue weighted by molar-refractivity contribution is -0.143. The Labute approximate surface area is 184 Å². The van der Waals surface area contributed by atoms with Gasteiger partial charge in [-0.2, -0.15) is 17.6 Å². The van der Waals surface area contributed by atoms with Crippen LogP contribution < -0.4 is 11.1 Å². The number of ether oxygens (including phenoxy) is 1. The average Bonchev–Trinajstić information content (AvgIpc) is 3.30. The van der Waals surface area contributed by atoms with E-state index in [2.05, 4.69) is 20.7 Å². The van der Waals surface area contributed by atoms with Gasteiger partial charge in [-0.3, -0.25) is 9.48 Å². The van der Waals surface area contributed by atoms with Gasteiger partial charge in [0.25, 0.3) is 5.95 Å². The first-order valence-electron chi connectivity index (χ1n) is 10.0. The Morgan fingerprint density at radius 2 is 2.03 bits per heavy atom. The summed E-state index contributed by atoms with van der Waals surface area (Å²) in [6.07, 6.45) is -3.10. The van der Waals surface area contributed by atoms with Crippen molar-refractivity contribution in [3.63, 3.8) is 0 Å². The first-order valence-corrected chi connectivity index (χ1v) is 10.0. The molecule has 1 aliphatic rings. The summed E-state index contributed by atoms with van der Waals surface area (Å²) in [5, 5.41) is 12.8. The Morgan fingerprint density at radius 3 is 2.64 bits per heavy atom. The fraction of sp³-hybridized carbons (Fsp3) is 0.667. The molecule has 3 N–H and O–H groups in total. The Hall–Kier alpha value is -2.68. The molecule has 184 valence electrons. The van der Waals surface area contributed by atoms with Crippen LogP contribution in [0.1, 0.15) is 37.4 Å². The number of nitrogens with zero attached hydrogens (tertiary/aromatic N) is 5. The van der Waals surface area contributed by atoms with Crippen LogP contribution in [0.3, 0.4) is 0 Å².